The number of carbonyl (C=O) groups excluding carboxylic acids is 3. The number of phenolic OH excluding ortho intramolecular Hbond substituents is 1. The highest BCUT2D eigenvalue weighted by Gasteiger charge is 2.64. The van der Waals surface area contributed by atoms with Crippen LogP contribution in [0.2, 0.25) is 0 Å². The predicted octanol–water partition coefficient (Wildman–Crippen LogP) is 1.44. The summed E-state index contributed by atoms with van der Waals surface area (Å²) >= 11 is 0. The van der Waals surface area contributed by atoms with Crippen LogP contribution < -0.4 is 0 Å². The number of oxime groups is 1. The number of benzene rings is 1. The lowest BCUT2D eigenvalue weighted by atomic mass is 9.57. The van der Waals surface area contributed by atoms with Crippen LogP contribution in [0.15, 0.2) is 34.2 Å². The highest BCUT2D eigenvalue weighted by molar-refractivity contribution is 6.25. The molecule has 0 amide bonds. The Morgan fingerprint density at radius 1 is 1.17 bits per heavy atom. The van der Waals surface area contributed by atoms with E-state index in [4.69, 9.17) is 4.84 Å². The average Bonchev–Trinajstić information content (AvgIpc) is 2.76. The van der Waals surface area contributed by atoms with Crippen LogP contribution >= 0.6 is 0 Å². The molecule has 3 aliphatic carbocycles. The molecule has 4 atom stereocenters. The number of rotatable bonds is 4. The number of ketones is 3. The zero-order valence-corrected chi connectivity index (χ0v) is 20.1. The molecule has 0 saturated heterocycles. The van der Waals surface area contributed by atoms with Crippen molar-refractivity contribution in [2.24, 2.45) is 17.0 Å². The van der Waals surface area contributed by atoms with E-state index in [1.165, 1.54) is 18.1 Å². The van der Waals surface area contributed by atoms with Crippen LogP contribution in [0.3, 0.4) is 0 Å². The summed E-state index contributed by atoms with van der Waals surface area (Å²) in [5, 5.41) is 48.3. The Labute approximate surface area is 201 Å². The van der Waals surface area contributed by atoms with Gasteiger partial charge in [-0.05, 0) is 64.4 Å². The topological polar surface area (TPSA) is 157 Å². The molecule has 1 saturated carbocycles. The second-order valence-corrected chi connectivity index (χ2v) is 9.50. The molecule has 1 aromatic carbocycles. The lowest BCUT2D eigenvalue weighted by molar-refractivity contribution is -0.153. The van der Waals surface area contributed by atoms with Gasteiger partial charge in [0.15, 0.2) is 17.2 Å². The molecule has 1 aromatic rings. The molecule has 0 heterocycles. The molecule has 0 spiro atoms. The maximum atomic E-state index is 13.8. The molecule has 35 heavy (non-hydrogen) atoms. The quantitative estimate of drug-likeness (QED) is 0.282. The summed E-state index contributed by atoms with van der Waals surface area (Å²) in [4.78, 5) is 45.6. The minimum absolute atomic E-state index is 0.0288. The van der Waals surface area contributed by atoms with Crippen molar-refractivity contribution in [2.75, 3.05) is 21.2 Å². The molecule has 10 nitrogen and oxygen atoms in total. The van der Waals surface area contributed by atoms with Crippen LogP contribution in [0, 0.1) is 11.8 Å². The number of hydrogen-bond acceptors (Lipinski definition) is 10. The van der Waals surface area contributed by atoms with Gasteiger partial charge >= 0.3 is 0 Å². The largest absolute Gasteiger partial charge is 0.508 e. The van der Waals surface area contributed by atoms with Gasteiger partial charge in [-0.1, -0.05) is 5.16 Å². The van der Waals surface area contributed by atoms with Crippen molar-refractivity contribution >= 4 is 28.8 Å². The standard InChI is InChI=1S/C25H28N2O8/c1-10(26-35-5)13-6-7-16(29)19-14(13)8-12-9-15-20(27(3)4)22(31)17(11(2)28)23(32)25(15,34)24(33)18(12)21(19)30/h6-7,12,15,20,29-30,32,34H,8-9H2,1-5H3/b26-10-/t12-,15-,20-,25+/m0/s1. The zero-order chi connectivity index (χ0) is 26.0. The SMILES string of the molecule is CO/N=C(/C)c1ccc(O)c2c1C[C@H]1C[C@H]3[C@H](N(C)C)C(=O)C(C(C)=O)=C(O)[C@@]3(O)C(=O)C1=C2O. The summed E-state index contributed by atoms with van der Waals surface area (Å²) in [6.07, 6.45) is 0.256. The second kappa shape index (κ2) is 8.31. The summed E-state index contributed by atoms with van der Waals surface area (Å²) < 4.78 is 0. The van der Waals surface area contributed by atoms with E-state index in [0.29, 0.717) is 16.8 Å². The molecule has 3 aliphatic rings. The summed E-state index contributed by atoms with van der Waals surface area (Å²) in [6.45, 7) is 2.78. The Hall–Kier alpha value is -3.50. The van der Waals surface area contributed by atoms with Gasteiger partial charge in [0, 0.05) is 17.1 Å². The smallest absolute Gasteiger partial charge is 0.202 e. The van der Waals surface area contributed by atoms with Gasteiger partial charge in [0.25, 0.3) is 0 Å². The van der Waals surface area contributed by atoms with E-state index >= 15 is 0 Å². The van der Waals surface area contributed by atoms with Crippen LogP contribution in [0.1, 0.15) is 37.0 Å². The maximum Gasteiger partial charge on any atom is 0.202 e. The Morgan fingerprint density at radius 2 is 1.83 bits per heavy atom. The average molecular weight is 485 g/mol. The van der Waals surface area contributed by atoms with E-state index in [2.05, 4.69) is 5.16 Å². The van der Waals surface area contributed by atoms with Gasteiger partial charge in [-0.3, -0.25) is 19.3 Å². The van der Waals surface area contributed by atoms with Gasteiger partial charge in [-0.2, -0.15) is 0 Å². The first-order valence-corrected chi connectivity index (χ1v) is 11.2. The van der Waals surface area contributed by atoms with Crippen molar-refractivity contribution in [2.45, 2.75) is 38.3 Å². The van der Waals surface area contributed by atoms with Crippen LogP contribution in [0.25, 0.3) is 5.76 Å². The minimum atomic E-state index is -2.58. The maximum absolute atomic E-state index is 13.8. The number of aromatic hydroxyl groups is 1. The number of aliphatic hydroxyl groups excluding tert-OH is 2. The molecule has 0 bridgehead atoms. The van der Waals surface area contributed by atoms with E-state index in [1.54, 1.807) is 27.1 Å². The Bertz CT molecular complexity index is 1260. The molecule has 0 aromatic heterocycles. The number of likely N-dealkylation sites (N-methyl/N-ethyl adjacent to an activating group) is 1. The Kier molecular flexibility index (Phi) is 5.85. The van der Waals surface area contributed by atoms with Gasteiger partial charge in [0.05, 0.1) is 17.3 Å². The van der Waals surface area contributed by atoms with Gasteiger partial charge in [0.1, 0.15) is 30.0 Å². The molecule has 1 fully saturated rings. The van der Waals surface area contributed by atoms with E-state index < -0.39 is 57.9 Å². The fraction of sp³-hybridized carbons (Fsp3) is 0.440. The third-order valence-electron chi connectivity index (χ3n) is 7.33. The highest BCUT2D eigenvalue weighted by Crippen LogP contribution is 2.53. The monoisotopic (exact) mass is 484 g/mol. The third-order valence-corrected chi connectivity index (χ3v) is 7.33. The molecule has 4 rings (SSSR count). The molecule has 0 radical (unpaired) electrons. The first-order valence-electron chi connectivity index (χ1n) is 11.2. The lowest BCUT2D eigenvalue weighted by Crippen LogP contribution is -2.65. The highest BCUT2D eigenvalue weighted by atomic mass is 16.6. The molecule has 4 N–H and O–H groups in total. The summed E-state index contributed by atoms with van der Waals surface area (Å²) in [6, 6.07) is 1.94. The first-order chi connectivity index (χ1) is 16.4. The molecule has 0 unspecified atom stereocenters. The van der Waals surface area contributed by atoms with Crippen molar-refractivity contribution in [3.8, 4) is 5.75 Å². The van der Waals surface area contributed by atoms with Gasteiger partial charge in [0.2, 0.25) is 5.78 Å². The number of fused-ring (bicyclic) bond motifs is 3. The van der Waals surface area contributed by atoms with E-state index in [-0.39, 0.29) is 29.7 Å². The number of phenols is 1. The number of hydrogen-bond donors (Lipinski definition) is 4. The molecule has 186 valence electrons. The van der Waals surface area contributed by atoms with Crippen molar-refractivity contribution in [1.29, 1.82) is 0 Å². The van der Waals surface area contributed by atoms with Crippen LogP contribution in [-0.2, 0) is 25.6 Å². The van der Waals surface area contributed by atoms with E-state index in [9.17, 15) is 34.8 Å². The third kappa shape index (κ3) is 3.31. The Balaban J connectivity index is 1.98. The number of carbonyl (C=O) groups is 3. The number of Topliss-reactive ketones (excluding diaryl/α,β-unsaturated/α-hetero) is 3. The predicted molar refractivity (Wildman–Crippen MR) is 125 cm³/mol. The molecule has 0 aliphatic heterocycles. The second-order valence-electron chi connectivity index (χ2n) is 9.50. The molecule has 10 heteroatoms. The fourth-order valence-corrected chi connectivity index (χ4v) is 5.87. The number of aliphatic hydroxyl groups is 3. The van der Waals surface area contributed by atoms with Crippen LogP contribution in [0.4, 0.5) is 0 Å². The van der Waals surface area contributed by atoms with Gasteiger partial charge < -0.3 is 25.3 Å². The van der Waals surface area contributed by atoms with E-state index in [1.807, 2.05) is 0 Å². The lowest BCUT2D eigenvalue weighted by Gasteiger charge is -2.50. The van der Waals surface area contributed by atoms with Crippen LogP contribution in [0.5, 0.6) is 5.75 Å². The fourth-order valence-electron chi connectivity index (χ4n) is 5.87. The number of nitrogens with zero attached hydrogens (tertiary/aromatic N) is 2. The van der Waals surface area contributed by atoms with E-state index in [0.717, 1.165) is 6.92 Å². The van der Waals surface area contributed by atoms with Gasteiger partial charge in [-0.15, -0.1) is 0 Å². The summed E-state index contributed by atoms with van der Waals surface area (Å²) in [7, 11) is 4.57. The van der Waals surface area contributed by atoms with Crippen molar-refractivity contribution < 1.29 is 39.6 Å². The molecular weight excluding hydrogens is 456 g/mol. The first kappa shape index (κ1) is 24.6. The van der Waals surface area contributed by atoms with Crippen molar-refractivity contribution in [3.63, 3.8) is 0 Å². The zero-order valence-electron chi connectivity index (χ0n) is 20.1. The molecular formula is C25H28N2O8. The van der Waals surface area contributed by atoms with Gasteiger partial charge in [-0.25, -0.2) is 0 Å². The van der Waals surface area contributed by atoms with Crippen LogP contribution in [-0.4, -0.2) is 81.2 Å². The normalized spacial score (nSPS) is 28.7. The Morgan fingerprint density at radius 3 is 2.40 bits per heavy atom. The summed E-state index contributed by atoms with van der Waals surface area (Å²) in [5.74, 6) is -5.92. The summed E-state index contributed by atoms with van der Waals surface area (Å²) in [5.41, 5.74) is -1.70. The van der Waals surface area contributed by atoms with Crippen molar-refractivity contribution in [1.82, 2.24) is 4.90 Å². The van der Waals surface area contributed by atoms with Crippen molar-refractivity contribution in [3.05, 3.63) is 45.7 Å². The minimum Gasteiger partial charge on any atom is -0.508 e.